The van der Waals surface area contributed by atoms with Crippen molar-refractivity contribution in [3.05, 3.63) is 35.6 Å². The Labute approximate surface area is 152 Å². The first kappa shape index (κ1) is 19.9. The van der Waals surface area contributed by atoms with Crippen molar-refractivity contribution in [1.29, 1.82) is 0 Å². The molecule has 0 spiro atoms. The Morgan fingerprint density at radius 1 is 1.23 bits per heavy atom. The number of esters is 1. The Morgan fingerprint density at radius 3 is 2.54 bits per heavy atom. The molecule has 0 radical (unpaired) electrons. The van der Waals surface area contributed by atoms with Gasteiger partial charge in [0.05, 0.1) is 13.7 Å². The van der Waals surface area contributed by atoms with E-state index in [4.69, 9.17) is 9.47 Å². The SMILES string of the molecule is CCOC(=O)CC(=O)[C@@H]1CCN(C(=O)OC)[C@H](Cc2ccc(F)cc2)C1. The van der Waals surface area contributed by atoms with Crippen LogP contribution in [0, 0.1) is 11.7 Å². The molecule has 1 fully saturated rings. The summed E-state index contributed by atoms with van der Waals surface area (Å²) < 4.78 is 22.8. The van der Waals surface area contributed by atoms with Crippen molar-refractivity contribution < 1.29 is 28.2 Å². The number of piperidine rings is 1. The molecule has 1 aromatic rings. The van der Waals surface area contributed by atoms with E-state index in [1.807, 2.05) is 0 Å². The van der Waals surface area contributed by atoms with Crippen LogP contribution in [0.3, 0.4) is 0 Å². The summed E-state index contributed by atoms with van der Waals surface area (Å²) in [7, 11) is 1.31. The van der Waals surface area contributed by atoms with Crippen molar-refractivity contribution in [2.75, 3.05) is 20.3 Å². The van der Waals surface area contributed by atoms with Crippen LogP contribution < -0.4 is 0 Å². The van der Waals surface area contributed by atoms with Gasteiger partial charge in [0.15, 0.2) is 0 Å². The van der Waals surface area contributed by atoms with Crippen molar-refractivity contribution in [3.63, 3.8) is 0 Å². The molecule has 142 valence electrons. The summed E-state index contributed by atoms with van der Waals surface area (Å²) in [6.07, 6.45) is 0.699. The van der Waals surface area contributed by atoms with Gasteiger partial charge in [0.25, 0.3) is 0 Å². The monoisotopic (exact) mass is 365 g/mol. The van der Waals surface area contributed by atoms with Gasteiger partial charge >= 0.3 is 12.1 Å². The highest BCUT2D eigenvalue weighted by Crippen LogP contribution is 2.28. The van der Waals surface area contributed by atoms with Gasteiger partial charge in [-0.25, -0.2) is 9.18 Å². The second-order valence-electron chi connectivity index (χ2n) is 6.32. The van der Waals surface area contributed by atoms with Crippen LogP contribution in [0.25, 0.3) is 0 Å². The molecule has 1 aliphatic rings. The topological polar surface area (TPSA) is 72.9 Å². The molecule has 7 heteroatoms. The van der Waals surface area contributed by atoms with Crippen molar-refractivity contribution >= 4 is 17.8 Å². The number of methoxy groups -OCH3 is 1. The van der Waals surface area contributed by atoms with E-state index in [0.29, 0.717) is 25.8 Å². The van der Waals surface area contributed by atoms with Crippen molar-refractivity contribution in [1.82, 2.24) is 4.90 Å². The van der Waals surface area contributed by atoms with Crippen molar-refractivity contribution in [2.24, 2.45) is 5.92 Å². The average molecular weight is 365 g/mol. The fourth-order valence-electron chi connectivity index (χ4n) is 3.29. The molecule has 0 N–H and O–H groups in total. The molecule has 1 saturated heterocycles. The smallest absolute Gasteiger partial charge is 0.409 e. The third kappa shape index (κ3) is 5.28. The molecule has 0 aliphatic carbocycles. The standard InChI is InChI=1S/C19H24FNO5/c1-3-26-18(23)12-17(22)14-8-9-21(19(24)25-2)16(11-14)10-13-4-6-15(20)7-5-13/h4-7,14,16H,3,8-12H2,1-2H3/t14-,16-/m1/s1. The summed E-state index contributed by atoms with van der Waals surface area (Å²) in [5, 5.41) is 0. The fraction of sp³-hybridized carbons (Fsp3) is 0.526. The first-order valence-electron chi connectivity index (χ1n) is 8.72. The van der Waals surface area contributed by atoms with Gasteiger partial charge in [0.1, 0.15) is 18.0 Å². The highest BCUT2D eigenvalue weighted by Gasteiger charge is 2.35. The number of hydrogen-bond donors (Lipinski definition) is 0. The van der Waals surface area contributed by atoms with Crippen LogP contribution in [0.4, 0.5) is 9.18 Å². The third-order valence-corrected chi connectivity index (χ3v) is 4.59. The summed E-state index contributed by atoms with van der Waals surface area (Å²) in [6.45, 7) is 2.30. The van der Waals surface area contributed by atoms with E-state index >= 15 is 0 Å². The van der Waals surface area contributed by atoms with Gasteiger partial charge in [-0.05, 0) is 43.9 Å². The lowest BCUT2D eigenvalue weighted by molar-refractivity contribution is -0.146. The summed E-state index contributed by atoms with van der Waals surface area (Å²) in [5.41, 5.74) is 0.865. The van der Waals surface area contributed by atoms with E-state index in [1.165, 1.54) is 19.2 Å². The molecule has 0 unspecified atom stereocenters. The number of ether oxygens (including phenoxy) is 2. The number of carbonyl (C=O) groups excluding carboxylic acids is 3. The highest BCUT2D eigenvalue weighted by molar-refractivity contribution is 5.96. The molecule has 6 nitrogen and oxygen atoms in total. The van der Waals surface area contributed by atoms with E-state index in [-0.39, 0.29) is 36.6 Å². The van der Waals surface area contributed by atoms with Gasteiger partial charge in [-0.3, -0.25) is 9.59 Å². The van der Waals surface area contributed by atoms with Crippen LogP contribution in [-0.2, 0) is 25.5 Å². The molecule has 1 heterocycles. The number of hydrogen-bond acceptors (Lipinski definition) is 5. The lowest BCUT2D eigenvalue weighted by Crippen LogP contribution is -2.48. The van der Waals surface area contributed by atoms with E-state index in [0.717, 1.165) is 5.56 Å². The number of amides is 1. The summed E-state index contributed by atoms with van der Waals surface area (Å²) >= 11 is 0. The first-order chi connectivity index (χ1) is 12.4. The zero-order valence-electron chi connectivity index (χ0n) is 15.1. The number of benzene rings is 1. The Morgan fingerprint density at radius 2 is 1.92 bits per heavy atom. The molecule has 2 atom stereocenters. The third-order valence-electron chi connectivity index (χ3n) is 4.59. The van der Waals surface area contributed by atoms with Gasteiger partial charge in [0.2, 0.25) is 0 Å². The maximum atomic E-state index is 13.1. The number of ketones is 1. The quantitative estimate of drug-likeness (QED) is 0.572. The number of nitrogens with zero attached hydrogens (tertiary/aromatic N) is 1. The van der Waals surface area contributed by atoms with Crippen LogP contribution in [0.15, 0.2) is 24.3 Å². The first-order valence-corrected chi connectivity index (χ1v) is 8.72. The Balaban J connectivity index is 2.08. The molecular formula is C19H24FNO5. The lowest BCUT2D eigenvalue weighted by Gasteiger charge is -2.38. The summed E-state index contributed by atoms with van der Waals surface area (Å²) in [6, 6.07) is 5.80. The molecule has 26 heavy (non-hydrogen) atoms. The number of Topliss-reactive ketones (excluding diaryl/α,β-unsaturated/α-hetero) is 1. The predicted octanol–water partition coefficient (Wildman–Crippen LogP) is 2.74. The summed E-state index contributed by atoms with van der Waals surface area (Å²) in [4.78, 5) is 37.6. The zero-order chi connectivity index (χ0) is 19.1. The highest BCUT2D eigenvalue weighted by atomic mass is 19.1. The minimum Gasteiger partial charge on any atom is -0.466 e. The normalized spacial score (nSPS) is 19.7. The number of likely N-dealkylation sites (tertiary alicyclic amines) is 1. The van der Waals surface area contributed by atoms with Crippen LogP contribution in [-0.4, -0.2) is 49.0 Å². The van der Waals surface area contributed by atoms with Crippen LogP contribution in [0.2, 0.25) is 0 Å². The van der Waals surface area contributed by atoms with E-state index in [9.17, 15) is 18.8 Å². The second kappa shape index (κ2) is 9.31. The van der Waals surface area contributed by atoms with Crippen molar-refractivity contribution in [3.8, 4) is 0 Å². The van der Waals surface area contributed by atoms with Crippen LogP contribution >= 0.6 is 0 Å². The maximum absolute atomic E-state index is 13.1. The average Bonchev–Trinajstić information content (AvgIpc) is 2.63. The molecule has 2 rings (SSSR count). The predicted molar refractivity (Wildman–Crippen MR) is 92.0 cm³/mol. The van der Waals surface area contributed by atoms with E-state index in [1.54, 1.807) is 24.0 Å². The molecule has 1 aromatic carbocycles. The van der Waals surface area contributed by atoms with Crippen molar-refractivity contribution in [2.45, 2.75) is 38.6 Å². The maximum Gasteiger partial charge on any atom is 0.409 e. The zero-order valence-corrected chi connectivity index (χ0v) is 15.1. The Hall–Kier alpha value is -2.44. The van der Waals surface area contributed by atoms with Gasteiger partial charge in [-0.15, -0.1) is 0 Å². The summed E-state index contributed by atoms with van der Waals surface area (Å²) in [5.74, 6) is -1.34. The van der Waals surface area contributed by atoms with Gasteiger partial charge in [-0.2, -0.15) is 0 Å². The van der Waals surface area contributed by atoms with Gasteiger partial charge in [0, 0.05) is 18.5 Å². The van der Waals surface area contributed by atoms with E-state index in [2.05, 4.69) is 0 Å². The van der Waals surface area contributed by atoms with Gasteiger partial charge < -0.3 is 14.4 Å². The number of halogens is 1. The second-order valence-corrected chi connectivity index (χ2v) is 6.32. The molecule has 0 saturated carbocycles. The molecule has 0 aromatic heterocycles. The number of carbonyl (C=O) groups is 3. The largest absolute Gasteiger partial charge is 0.466 e. The molecule has 1 aliphatic heterocycles. The Bertz CT molecular complexity index is 646. The van der Waals surface area contributed by atoms with E-state index < -0.39 is 12.1 Å². The Kier molecular flexibility index (Phi) is 7.12. The molecule has 0 bridgehead atoms. The minimum atomic E-state index is -0.525. The van der Waals surface area contributed by atoms with Gasteiger partial charge in [-0.1, -0.05) is 12.1 Å². The molecule has 1 amide bonds. The number of rotatable bonds is 6. The minimum absolute atomic E-state index is 0.169. The molecular weight excluding hydrogens is 341 g/mol. The van der Waals surface area contributed by atoms with Crippen LogP contribution in [0.1, 0.15) is 31.7 Å². The van der Waals surface area contributed by atoms with Crippen LogP contribution in [0.5, 0.6) is 0 Å². The fourth-order valence-corrected chi connectivity index (χ4v) is 3.29. The lowest BCUT2D eigenvalue weighted by atomic mass is 9.84.